The molecular formula is C14H22N2O3S2. The van der Waals surface area contributed by atoms with Crippen molar-refractivity contribution < 1.29 is 13.2 Å². The standard InChI is InChI=1S/C14H22N2O3S2/c1-4-19-13-6-5-12(15)7-14(13)21(17,18)16-8-10(2)20-11(3)9-16/h5-7,10-11H,4,8-9,15H2,1-3H3. The summed E-state index contributed by atoms with van der Waals surface area (Å²) in [4.78, 5) is 0.163. The van der Waals surface area contributed by atoms with E-state index in [1.807, 2.05) is 32.5 Å². The Morgan fingerprint density at radius 3 is 2.52 bits per heavy atom. The first-order valence-corrected chi connectivity index (χ1v) is 9.40. The van der Waals surface area contributed by atoms with Crippen molar-refractivity contribution in [2.24, 2.45) is 0 Å². The van der Waals surface area contributed by atoms with Crippen LogP contribution in [0.2, 0.25) is 0 Å². The molecule has 7 heteroatoms. The average Bonchev–Trinajstić information content (AvgIpc) is 2.40. The molecule has 5 nitrogen and oxygen atoms in total. The van der Waals surface area contributed by atoms with E-state index in [2.05, 4.69) is 0 Å². The number of hydrogen-bond donors (Lipinski definition) is 1. The minimum absolute atomic E-state index is 0.163. The Labute approximate surface area is 130 Å². The van der Waals surface area contributed by atoms with E-state index in [0.717, 1.165) is 0 Å². The number of hydrogen-bond acceptors (Lipinski definition) is 5. The molecular weight excluding hydrogens is 308 g/mol. The molecule has 21 heavy (non-hydrogen) atoms. The quantitative estimate of drug-likeness (QED) is 0.857. The molecule has 0 aliphatic carbocycles. The van der Waals surface area contributed by atoms with Crippen LogP contribution in [-0.2, 0) is 10.0 Å². The highest BCUT2D eigenvalue weighted by Gasteiger charge is 2.34. The zero-order valence-corrected chi connectivity index (χ0v) is 14.2. The molecule has 1 aliphatic rings. The summed E-state index contributed by atoms with van der Waals surface area (Å²) >= 11 is 1.81. The second-order valence-corrected chi connectivity index (χ2v) is 9.01. The third kappa shape index (κ3) is 3.64. The summed E-state index contributed by atoms with van der Waals surface area (Å²) in [7, 11) is -3.59. The van der Waals surface area contributed by atoms with Crippen molar-refractivity contribution in [3.05, 3.63) is 18.2 Å². The van der Waals surface area contributed by atoms with E-state index in [-0.39, 0.29) is 15.4 Å². The van der Waals surface area contributed by atoms with Gasteiger partial charge in [0.25, 0.3) is 0 Å². The lowest BCUT2D eigenvalue weighted by atomic mass is 10.3. The molecule has 1 aliphatic heterocycles. The number of sulfonamides is 1. The van der Waals surface area contributed by atoms with Gasteiger partial charge in [-0.2, -0.15) is 16.1 Å². The van der Waals surface area contributed by atoms with Crippen LogP contribution >= 0.6 is 11.8 Å². The lowest BCUT2D eigenvalue weighted by molar-refractivity contribution is 0.328. The summed E-state index contributed by atoms with van der Waals surface area (Å²) in [5.74, 6) is 0.366. The van der Waals surface area contributed by atoms with Crippen LogP contribution in [0.1, 0.15) is 20.8 Å². The Bertz CT molecular complexity index is 594. The topological polar surface area (TPSA) is 72.6 Å². The van der Waals surface area contributed by atoms with Crippen LogP contribution in [0.3, 0.4) is 0 Å². The maximum absolute atomic E-state index is 12.9. The van der Waals surface area contributed by atoms with Crippen LogP contribution in [0.4, 0.5) is 5.69 Å². The van der Waals surface area contributed by atoms with Crippen molar-refractivity contribution in [3.8, 4) is 5.75 Å². The van der Waals surface area contributed by atoms with Crippen LogP contribution in [0.25, 0.3) is 0 Å². The highest BCUT2D eigenvalue weighted by atomic mass is 32.2. The third-order valence-corrected chi connectivity index (χ3v) is 6.35. The Balaban J connectivity index is 2.41. The second-order valence-electron chi connectivity index (χ2n) is 5.22. The Morgan fingerprint density at radius 2 is 1.95 bits per heavy atom. The minimum atomic E-state index is -3.59. The molecule has 1 heterocycles. The zero-order valence-electron chi connectivity index (χ0n) is 12.6. The fourth-order valence-corrected chi connectivity index (χ4v) is 5.77. The van der Waals surface area contributed by atoms with Crippen molar-refractivity contribution in [2.75, 3.05) is 25.4 Å². The summed E-state index contributed by atoms with van der Waals surface area (Å²) in [5.41, 5.74) is 6.18. The van der Waals surface area contributed by atoms with Gasteiger partial charge in [-0.15, -0.1) is 0 Å². The van der Waals surface area contributed by atoms with Crippen molar-refractivity contribution in [3.63, 3.8) is 0 Å². The highest BCUT2D eigenvalue weighted by molar-refractivity contribution is 8.00. The molecule has 2 unspecified atom stereocenters. The van der Waals surface area contributed by atoms with Gasteiger partial charge in [-0.3, -0.25) is 0 Å². The number of thioether (sulfide) groups is 1. The molecule has 1 aromatic carbocycles. The fraction of sp³-hybridized carbons (Fsp3) is 0.571. The van der Waals surface area contributed by atoms with Crippen LogP contribution in [0.5, 0.6) is 5.75 Å². The molecule has 0 amide bonds. The molecule has 1 aromatic rings. The summed E-state index contributed by atoms with van der Waals surface area (Å²) < 4.78 is 32.8. The monoisotopic (exact) mass is 330 g/mol. The van der Waals surface area contributed by atoms with Crippen molar-refractivity contribution in [2.45, 2.75) is 36.2 Å². The molecule has 0 aromatic heterocycles. The van der Waals surface area contributed by atoms with E-state index in [4.69, 9.17) is 10.5 Å². The highest BCUT2D eigenvalue weighted by Crippen LogP contribution is 2.33. The van der Waals surface area contributed by atoms with Crippen molar-refractivity contribution in [1.29, 1.82) is 0 Å². The molecule has 0 bridgehead atoms. The molecule has 0 radical (unpaired) electrons. The Morgan fingerprint density at radius 1 is 1.33 bits per heavy atom. The maximum Gasteiger partial charge on any atom is 0.246 e. The summed E-state index contributed by atoms with van der Waals surface area (Å²) in [6, 6.07) is 4.76. The number of nitrogens with two attached hydrogens (primary N) is 1. The number of benzene rings is 1. The number of rotatable bonds is 4. The SMILES string of the molecule is CCOc1ccc(N)cc1S(=O)(=O)N1CC(C)SC(C)C1. The van der Waals surface area contributed by atoms with Gasteiger partial charge in [0.05, 0.1) is 6.61 Å². The minimum Gasteiger partial charge on any atom is -0.492 e. The lowest BCUT2D eigenvalue weighted by Gasteiger charge is -2.34. The van der Waals surface area contributed by atoms with E-state index in [9.17, 15) is 8.42 Å². The molecule has 2 atom stereocenters. The van der Waals surface area contributed by atoms with Crippen LogP contribution in [0.15, 0.2) is 23.1 Å². The number of ether oxygens (including phenoxy) is 1. The van der Waals surface area contributed by atoms with Gasteiger partial charge in [0.2, 0.25) is 10.0 Å². The van der Waals surface area contributed by atoms with Crippen molar-refractivity contribution >= 4 is 27.5 Å². The Kier molecular flexibility index (Phi) is 5.06. The van der Waals surface area contributed by atoms with Crippen LogP contribution in [-0.4, -0.2) is 42.9 Å². The van der Waals surface area contributed by atoms with E-state index < -0.39 is 10.0 Å². The normalized spacial score (nSPS) is 24.0. The maximum atomic E-state index is 12.9. The predicted octanol–water partition coefficient (Wildman–Crippen LogP) is 2.18. The second kappa shape index (κ2) is 6.46. The van der Waals surface area contributed by atoms with E-state index in [0.29, 0.717) is 31.1 Å². The molecule has 1 fully saturated rings. The smallest absolute Gasteiger partial charge is 0.246 e. The number of nitrogen functional groups attached to an aromatic ring is 1. The Hall–Kier alpha value is -0.920. The van der Waals surface area contributed by atoms with E-state index in [1.54, 1.807) is 12.1 Å². The molecule has 2 rings (SSSR count). The first kappa shape index (κ1) is 16.5. The zero-order chi connectivity index (χ0) is 15.6. The van der Waals surface area contributed by atoms with Gasteiger partial charge in [0, 0.05) is 29.3 Å². The molecule has 1 saturated heterocycles. The van der Waals surface area contributed by atoms with E-state index in [1.165, 1.54) is 10.4 Å². The first-order chi connectivity index (χ1) is 9.84. The van der Waals surface area contributed by atoms with Gasteiger partial charge in [-0.25, -0.2) is 8.42 Å². The van der Waals surface area contributed by atoms with Gasteiger partial charge in [-0.05, 0) is 25.1 Å². The van der Waals surface area contributed by atoms with E-state index >= 15 is 0 Å². The van der Waals surface area contributed by atoms with Crippen LogP contribution < -0.4 is 10.5 Å². The van der Waals surface area contributed by atoms with Crippen molar-refractivity contribution in [1.82, 2.24) is 4.31 Å². The van der Waals surface area contributed by atoms with Gasteiger partial charge in [0.15, 0.2) is 0 Å². The fourth-order valence-electron chi connectivity index (χ4n) is 2.47. The molecule has 0 saturated carbocycles. The third-order valence-electron chi connectivity index (χ3n) is 3.27. The lowest BCUT2D eigenvalue weighted by Crippen LogP contribution is -2.44. The summed E-state index contributed by atoms with van der Waals surface area (Å²) in [5, 5.41) is 0.556. The van der Waals surface area contributed by atoms with Gasteiger partial charge >= 0.3 is 0 Å². The summed E-state index contributed by atoms with van der Waals surface area (Å²) in [6.45, 7) is 7.36. The van der Waals surface area contributed by atoms with Gasteiger partial charge in [-0.1, -0.05) is 13.8 Å². The largest absolute Gasteiger partial charge is 0.492 e. The summed E-state index contributed by atoms with van der Waals surface area (Å²) in [6.07, 6.45) is 0. The number of anilines is 1. The first-order valence-electron chi connectivity index (χ1n) is 7.02. The molecule has 2 N–H and O–H groups in total. The molecule has 118 valence electrons. The average molecular weight is 330 g/mol. The number of nitrogens with zero attached hydrogens (tertiary/aromatic N) is 1. The van der Waals surface area contributed by atoms with Gasteiger partial charge < -0.3 is 10.5 Å². The molecule has 0 spiro atoms. The van der Waals surface area contributed by atoms with Crippen LogP contribution in [0, 0.1) is 0 Å². The van der Waals surface area contributed by atoms with Gasteiger partial charge in [0.1, 0.15) is 10.6 Å². The predicted molar refractivity (Wildman–Crippen MR) is 87.3 cm³/mol.